The molecule has 0 amide bonds. The van der Waals surface area contributed by atoms with Gasteiger partial charge in [-0.1, -0.05) is 16.1 Å². The van der Waals surface area contributed by atoms with Crippen LogP contribution in [-0.2, 0) is 6.54 Å². The highest BCUT2D eigenvalue weighted by molar-refractivity contribution is 6.62. The van der Waals surface area contributed by atoms with Crippen molar-refractivity contribution < 1.29 is 44.8 Å². The quantitative estimate of drug-likeness (QED) is 0.233. The fourth-order valence-corrected chi connectivity index (χ4v) is 3.54. The van der Waals surface area contributed by atoms with Crippen molar-refractivity contribution in [2.45, 2.75) is 24.5 Å². The van der Waals surface area contributed by atoms with Gasteiger partial charge in [0.05, 0.1) is 25.0 Å². The van der Waals surface area contributed by atoms with Crippen molar-refractivity contribution in [1.82, 2.24) is 24.9 Å². The predicted molar refractivity (Wildman–Crippen MR) is 131 cm³/mol. The summed E-state index contributed by atoms with van der Waals surface area (Å²) in [4.78, 5) is 7.27. The van der Waals surface area contributed by atoms with Gasteiger partial charge >= 0.3 is 12.4 Å². The molecule has 2 N–H and O–H groups in total. The van der Waals surface area contributed by atoms with Crippen LogP contribution in [0.1, 0.15) is 5.56 Å². The smallest absolute Gasteiger partial charge is 0.372 e. The Labute approximate surface area is 230 Å². The molecule has 8 nitrogen and oxygen atoms in total. The normalized spacial score (nSPS) is 12.6. The Morgan fingerprint density at radius 2 is 1.56 bits per heavy atom. The van der Waals surface area contributed by atoms with Crippen LogP contribution in [0.4, 0.5) is 40.9 Å². The molecule has 0 aliphatic rings. The second-order valence-corrected chi connectivity index (χ2v) is 8.50. The molecular formula is C21H10B4F8N6O2. The maximum Gasteiger partial charge on any atom is 0.428 e. The molecule has 20 heteroatoms. The van der Waals surface area contributed by atoms with Crippen LogP contribution in [0.5, 0.6) is 0 Å². The SMILES string of the molecule is [B]c1c([B])c([B])c(Cn2nc(-c3ncc(F)c(NCC(O)(C(F)(F)F)C(F)(F)F)n3)cc2-c2ccon2)c(F)c1[B]. The number of hydrogen-bond donors (Lipinski definition) is 2. The first kappa shape index (κ1) is 30.1. The number of halogens is 8. The molecule has 3 aromatic heterocycles. The van der Waals surface area contributed by atoms with Gasteiger partial charge in [0, 0.05) is 11.6 Å². The predicted octanol–water partition coefficient (Wildman–Crippen LogP) is -0.236. The molecule has 1 aromatic carbocycles. The third-order valence-corrected chi connectivity index (χ3v) is 5.91. The largest absolute Gasteiger partial charge is 0.428 e. The summed E-state index contributed by atoms with van der Waals surface area (Å²) >= 11 is 0. The summed E-state index contributed by atoms with van der Waals surface area (Å²) in [5, 5.41) is 18.8. The molecule has 0 fully saturated rings. The van der Waals surface area contributed by atoms with Crippen LogP contribution in [-0.4, -0.2) is 85.9 Å². The van der Waals surface area contributed by atoms with E-state index in [4.69, 9.17) is 35.9 Å². The molecular weight excluding hydrogens is 564 g/mol. The molecule has 0 aliphatic heterocycles. The minimum Gasteiger partial charge on any atom is -0.372 e. The molecule has 4 aromatic rings. The number of nitrogens with one attached hydrogen (secondary N) is 1. The second kappa shape index (κ2) is 10.5. The van der Waals surface area contributed by atoms with Gasteiger partial charge in [-0.25, -0.2) is 18.7 Å². The first-order chi connectivity index (χ1) is 19.0. The van der Waals surface area contributed by atoms with Gasteiger partial charge < -0.3 is 14.9 Å². The van der Waals surface area contributed by atoms with Crippen molar-refractivity contribution in [3.05, 3.63) is 41.8 Å². The third-order valence-electron chi connectivity index (χ3n) is 5.91. The Morgan fingerprint density at radius 1 is 0.927 bits per heavy atom. The van der Waals surface area contributed by atoms with E-state index in [2.05, 4.69) is 20.2 Å². The van der Waals surface area contributed by atoms with Gasteiger partial charge in [0.2, 0.25) is 0 Å². The maximum absolute atomic E-state index is 15.0. The summed E-state index contributed by atoms with van der Waals surface area (Å²) in [6.45, 7) is -2.68. The van der Waals surface area contributed by atoms with Crippen molar-refractivity contribution >= 4 is 59.1 Å². The lowest BCUT2D eigenvalue weighted by molar-refractivity contribution is -0.362. The molecule has 0 saturated heterocycles. The summed E-state index contributed by atoms with van der Waals surface area (Å²) in [5.74, 6) is -4.07. The minimum absolute atomic E-state index is 0.104. The average Bonchev–Trinajstić information content (AvgIpc) is 3.57. The van der Waals surface area contributed by atoms with E-state index in [0.29, 0.717) is 6.20 Å². The fourth-order valence-electron chi connectivity index (χ4n) is 3.54. The van der Waals surface area contributed by atoms with E-state index in [1.807, 2.05) is 0 Å². The Bertz CT molecular complexity index is 1550. The van der Waals surface area contributed by atoms with Crippen LogP contribution < -0.4 is 27.2 Å². The topological polar surface area (TPSA) is 102 Å². The molecule has 3 heterocycles. The molecule has 8 radical (unpaired) electrons. The standard InChI is InChI=1S/C21H10B4F8N6O2/c22-12-7(16(27)15(25)14(24)13(12)23)5-39-11(9-1-2-41-38-9)3-10(37-39)18-34-4-8(26)17(36-18)35-6-19(40,20(28,29)30)21(31,32)33/h1-4,40H,5-6H2,(H,34,35,36). The Morgan fingerprint density at radius 3 is 2.15 bits per heavy atom. The monoisotopic (exact) mass is 574 g/mol. The molecule has 41 heavy (non-hydrogen) atoms. The Hall–Kier alpha value is -3.82. The lowest BCUT2D eigenvalue weighted by Crippen LogP contribution is -2.61. The highest BCUT2D eigenvalue weighted by Crippen LogP contribution is 2.43. The van der Waals surface area contributed by atoms with E-state index in [1.165, 1.54) is 23.7 Å². The van der Waals surface area contributed by atoms with Crippen LogP contribution in [0, 0.1) is 11.6 Å². The Kier molecular flexibility index (Phi) is 7.75. The van der Waals surface area contributed by atoms with Gasteiger partial charge in [-0.05, 0) is 6.07 Å². The summed E-state index contributed by atoms with van der Waals surface area (Å²) in [6, 6.07) is 2.60. The molecule has 0 spiro atoms. The Balaban J connectivity index is 1.75. The summed E-state index contributed by atoms with van der Waals surface area (Å²) in [7, 11) is 23.0. The number of anilines is 1. The molecule has 0 unspecified atom stereocenters. The molecule has 0 atom stereocenters. The van der Waals surface area contributed by atoms with Gasteiger partial charge in [-0.3, -0.25) is 4.68 Å². The molecule has 204 valence electrons. The highest BCUT2D eigenvalue weighted by Gasteiger charge is 2.70. The second-order valence-electron chi connectivity index (χ2n) is 8.50. The summed E-state index contributed by atoms with van der Waals surface area (Å²) in [5.41, 5.74) is -6.70. The van der Waals surface area contributed by atoms with Gasteiger partial charge in [-0.2, -0.15) is 31.4 Å². The zero-order valence-electron chi connectivity index (χ0n) is 20.1. The van der Waals surface area contributed by atoms with Crippen molar-refractivity contribution in [2.24, 2.45) is 0 Å². The molecule has 4 rings (SSSR count). The van der Waals surface area contributed by atoms with E-state index in [-0.39, 0.29) is 39.0 Å². The van der Waals surface area contributed by atoms with E-state index < -0.39 is 59.8 Å². The molecule has 0 aliphatic carbocycles. The lowest BCUT2D eigenvalue weighted by Gasteiger charge is -2.32. The minimum atomic E-state index is -6.16. The van der Waals surface area contributed by atoms with Crippen molar-refractivity contribution in [2.75, 3.05) is 11.9 Å². The number of nitrogens with zero attached hydrogens (tertiary/aromatic N) is 5. The number of rotatable bonds is 7. The van der Waals surface area contributed by atoms with E-state index in [9.17, 15) is 40.2 Å². The van der Waals surface area contributed by atoms with Crippen molar-refractivity contribution in [3.8, 4) is 22.9 Å². The first-order valence-electron chi connectivity index (χ1n) is 11.0. The number of aliphatic hydroxyl groups is 1. The molecule has 0 saturated carbocycles. The van der Waals surface area contributed by atoms with Crippen LogP contribution in [0.15, 0.2) is 29.1 Å². The van der Waals surface area contributed by atoms with Crippen LogP contribution in [0.2, 0.25) is 0 Å². The zero-order valence-corrected chi connectivity index (χ0v) is 20.1. The van der Waals surface area contributed by atoms with E-state index >= 15 is 0 Å². The zero-order chi connectivity index (χ0) is 30.5. The van der Waals surface area contributed by atoms with Crippen LogP contribution in [0.3, 0.4) is 0 Å². The third kappa shape index (κ3) is 5.44. The van der Waals surface area contributed by atoms with Crippen LogP contribution >= 0.6 is 0 Å². The summed E-state index contributed by atoms with van der Waals surface area (Å²) in [6.07, 6.45) is -10.7. The van der Waals surface area contributed by atoms with E-state index in [0.717, 1.165) is 4.68 Å². The first-order valence-corrected chi connectivity index (χ1v) is 11.0. The van der Waals surface area contributed by atoms with Crippen LogP contribution in [0.25, 0.3) is 22.9 Å². The van der Waals surface area contributed by atoms with Crippen molar-refractivity contribution in [3.63, 3.8) is 0 Å². The fraction of sp³-hybridized carbons (Fsp3) is 0.238. The average molecular weight is 574 g/mol. The number of hydrogen-bond acceptors (Lipinski definition) is 7. The van der Waals surface area contributed by atoms with Crippen molar-refractivity contribution in [1.29, 1.82) is 0 Å². The number of alkyl halides is 6. The number of benzene rings is 1. The van der Waals surface area contributed by atoms with E-state index in [1.54, 1.807) is 0 Å². The maximum atomic E-state index is 15.0. The summed E-state index contributed by atoms with van der Waals surface area (Å²) < 4.78 is 113. The highest BCUT2D eigenvalue weighted by atomic mass is 19.4. The van der Waals surface area contributed by atoms with Gasteiger partial charge in [0.15, 0.2) is 17.5 Å². The van der Waals surface area contributed by atoms with Gasteiger partial charge in [0.25, 0.3) is 5.60 Å². The molecule has 0 bridgehead atoms. The van der Waals surface area contributed by atoms with Gasteiger partial charge in [0.1, 0.15) is 54.9 Å². The van der Waals surface area contributed by atoms with Gasteiger partial charge in [-0.15, -0.1) is 10.9 Å². The lowest BCUT2D eigenvalue weighted by atomic mass is 9.65. The number of aromatic nitrogens is 5.